The molecule has 0 saturated carbocycles. The minimum Gasteiger partial charge on any atom is -0.394 e. The van der Waals surface area contributed by atoms with Crippen molar-refractivity contribution in [3.05, 3.63) is 0 Å². The van der Waals surface area contributed by atoms with Crippen LogP contribution < -0.4 is 11.1 Å². The second-order valence-electron chi connectivity index (χ2n) is 5.19. The summed E-state index contributed by atoms with van der Waals surface area (Å²) in [6.07, 6.45) is -5.04. The number of hydrogen-bond acceptors (Lipinski definition) is 7. The van der Waals surface area contributed by atoms with Gasteiger partial charge in [-0.15, -0.1) is 0 Å². The molecule has 1 amide bonds. The predicted octanol–water partition coefficient (Wildman–Crippen LogP) is -2.58. The molecule has 6 atom stereocenters. The molecule has 0 aromatic carbocycles. The van der Waals surface area contributed by atoms with Gasteiger partial charge in [0.2, 0.25) is 5.91 Å². The third-order valence-electron chi connectivity index (χ3n) is 3.26. The average Bonchev–Trinajstić information content (AvgIpc) is 2.39. The van der Waals surface area contributed by atoms with Gasteiger partial charge in [-0.3, -0.25) is 4.79 Å². The first kappa shape index (κ1) is 17.3. The molecular weight excluding hydrogens is 268 g/mol. The SMILES string of the molecule is CC(N)CCCC(=O)N[C@H]1O[C@H](CO)[C@H](O)[C@H](O)[C@H]1O. The zero-order valence-corrected chi connectivity index (χ0v) is 11.5. The summed E-state index contributed by atoms with van der Waals surface area (Å²) in [5.74, 6) is -0.352. The Kier molecular flexibility index (Phi) is 6.80. The predicted molar refractivity (Wildman–Crippen MR) is 69.4 cm³/mol. The molecule has 0 aliphatic carbocycles. The molecule has 8 heteroatoms. The highest BCUT2D eigenvalue weighted by molar-refractivity contribution is 5.76. The van der Waals surface area contributed by atoms with Crippen LogP contribution in [0.25, 0.3) is 0 Å². The smallest absolute Gasteiger partial charge is 0.222 e. The number of nitrogens with two attached hydrogens (primary N) is 1. The van der Waals surface area contributed by atoms with Gasteiger partial charge in [-0.2, -0.15) is 0 Å². The lowest BCUT2D eigenvalue weighted by Gasteiger charge is -2.40. The third kappa shape index (κ3) is 4.65. The number of carbonyl (C=O) groups is 1. The van der Waals surface area contributed by atoms with Crippen molar-refractivity contribution in [1.29, 1.82) is 0 Å². The largest absolute Gasteiger partial charge is 0.394 e. The minimum atomic E-state index is -1.49. The Balaban J connectivity index is 2.47. The molecule has 7 N–H and O–H groups in total. The van der Waals surface area contributed by atoms with Gasteiger partial charge >= 0.3 is 0 Å². The molecule has 1 heterocycles. The first-order valence-electron chi connectivity index (χ1n) is 6.72. The van der Waals surface area contributed by atoms with Gasteiger partial charge in [0.25, 0.3) is 0 Å². The first-order chi connectivity index (χ1) is 9.36. The fourth-order valence-corrected chi connectivity index (χ4v) is 2.04. The molecule has 0 radical (unpaired) electrons. The molecule has 1 rings (SSSR count). The molecule has 1 fully saturated rings. The summed E-state index contributed by atoms with van der Waals surface area (Å²) in [4.78, 5) is 11.7. The number of nitrogens with one attached hydrogen (secondary N) is 1. The van der Waals surface area contributed by atoms with Crippen LogP contribution in [0, 0.1) is 0 Å². The fraction of sp³-hybridized carbons (Fsp3) is 0.917. The van der Waals surface area contributed by atoms with Crippen LogP contribution in [0.2, 0.25) is 0 Å². The minimum absolute atomic E-state index is 0.00931. The van der Waals surface area contributed by atoms with E-state index in [1.807, 2.05) is 6.92 Å². The van der Waals surface area contributed by atoms with Crippen molar-refractivity contribution < 1.29 is 30.0 Å². The quantitative estimate of drug-likeness (QED) is 0.315. The van der Waals surface area contributed by atoms with Crippen molar-refractivity contribution in [3.8, 4) is 0 Å². The summed E-state index contributed by atoms with van der Waals surface area (Å²) in [6, 6.07) is 0.00931. The Bertz CT molecular complexity index is 312. The van der Waals surface area contributed by atoms with E-state index in [0.29, 0.717) is 12.8 Å². The Morgan fingerprint density at radius 1 is 1.30 bits per heavy atom. The molecule has 0 aromatic rings. The first-order valence-corrected chi connectivity index (χ1v) is 6.72. The average molecular weight is 292 g/mol. The number of aliphatic hydroxyl groups is 4. The van der Waals surface area contributed by atoms with Crippen molar-refractivity contribution >= 4 is 5.91 Å². The summed E-state index contributed by atoms with van der Waals surface area (Å²) < 4.78 is 5.16. The molecule has 8 nitrogen and oxygen atoms in total. The zero-order chi connectivity index (χ0) is 15.3. The van der Waals surface area contributed by atoms with Crippen molar-refractivity contribution in [1.82, 2.24) is 5.32 Å². The van der Waals surface area contributed by atoms with Gasteiger partial charge in [-0.05, 0) is 19.8 Å². The van der Waals surface area contributed by atoms with Crippen LogP contribution in [0.5, 0.6) is 0 Å². The van der Waals surface area contributed by atoms with E-state index in [9.17, 15) is 20.1 Å². The van der Waals surface area contributed by atoms with Gasteiger partial charge in [0.05, 0.1) is 6.61 Å². The number of aliphatic hydroxyl groups excluding tert-OH is 4. The van der Waals surface area contributed by atoms with E-state index in [4.69, 9.17) is 15.6 Å². The van der Waals surface area contributed by atoms with Gasteiger partial charge in [-0.25, -0.2) is 0 Å². The maximum atomic E-state index is 11.7. The highest BCUT2D eigenvalue weighted by atomic mass is 16.6. The van der Waals surface area contributed by atoms with Crippen molar-refractivity contribution in [2.24, 2.45) is 5.73 Å². The summed E-state index contributed by atoms with van der Waals surface area (Å²) in [7, 11) is 0. The lowest BCUT2D eigenvalue weighted by atomic mass is 9.98. The van der Waals surface area contributed by atoms with Gasteiger partial charge in [0.15, 0.2) is 6.23 Å². The summed E-state index contributed by atoms with van der Waals surface area (Å²) in [5, 5.41) is 40.3. The van der Waals surface area contributed by atoms with E-state index in [2.05, 4.69) is 5.32 Å². The molecule has 0 aromatic heterocycles. The number of ether oxygens (including phenoxy) is 1. The highest BCUT2D eigenvalue weighted by Gasteiger charge is 2.43. The molecule has 20 heavy (non-hydrogen) atoms. The fourth-order valence-electron chi connectivity index (χ4n) is 2.04. The van der Waals surface area contributed by atoms with Crippen molar-refractivity contribution in [3.63, 3.8) is 0 Å². The molecule has 118 valence electrons. The second kappa shape index (κ2) is 7.87. The molecule has 1 aliphatic rings. The third-order valence-corrected chi connectivity index (χ3v) is 3.26. The Hall–Kier alpha value is -0.770. The maximum Gasteiger partial charge on any atom is 0.222 e. The second-order valence-corrected chi connectivity index (χ2v) is 5.19. The van der Waals surface area contributed by atoms with Crippen molar-refractivity contribution in [2.75, 3.05) is 6.61 Å². The van der Waals surface area contributed by atoms with E-state index < -0.39 is 37.3 Å². The lowest BCUT2D eigenvalue weighted by Crippen LogP contribution is -2.63. The summed E-state index contributed by atoms with van der Waals surface area (Å²) in [6.45, 7) is 1.32. The molecule has 1 aliphatic heterocycles. The normalized spacial score (nSPS) is 35.6. The van der Waals surface area contributed by atoms with E-state index in [1.165, 1.54) is 0 Å². The molecular formula is C12H24N2O6. The van der Waals surface area contributed by atoms with E-state index in [-0.39, 0.29) is 18.4 Å². The Labute approximate surface area is 117 Å². The van der Waals surface area contributed by atoms with Gasteiger partial charge in [0.1, 0.15) is 24.4 Å². The van der Waals surface area contributed by atoms with Crippen LogP contribution in [0.15, 0.2) is 0 Å². The van der Waals surface area contributed by atoms with Gasteiger partial charge in [0, 0.05) is 12.5 Å². The van der Waals surface area contributed by atoms with Crippen LogP contribution in [0.3, 0.4) is 0 Å². The summed E-state index contributed by atoms with van der Waals surface area (Å²) in [5.41, 5.74) is 5.57. The lowest BCUT2D eigenvalue weighted by molar-refractivity contribution is -0.236. The molecule has 1 unspecified atom stereocenters. The zero-order valence-electron chi connectivity index (χ0n) is 11.5. The summed E-state index contributed by atoms with van der Waals surface area (Å²) >= 11 is 0. The molecule has 0 bridgehead atoms. The number of hydrogen-bond donors (Lipinski definition) is 6. The van der Waals surface area contributed by atoms with Crippen LogP contribution in [0.4, 0.5) is 0 Å². The highest BCUT2D eigenvalue weighted by Crippen LogP contribution is 2.19. The van der Waals surface area contributed by atoms with Crippen molar-refractivity contribution in [2.45, 2.75) is 62.9 Å². The van der Waals surface area contributed by atoms with Crippen LogP contribution in [-0.4, -0.2) is 69.6 Å². The van der Waals surface area contributed by atoms with E-state index in [1.54, 1.807) is 0 Å². The number of rotatable bonds is 6. The van der Waals surface area contributed by atoms with Gasteiger partial charge in [-0.1, -0.05) is 0 Å². The maximum absolute atomic E-state index is 11.7. The Morgan fingerprint density at radius 3 is 2.50 bits per heavy atom. The standard InChI is InChI=1S/C12H24N2O6/c1-6(13)3-2-4-8(16)14-12-11(19)10(18)9(17)7(5-15)20-12/h6-7,9-12,15,17-19H,2-5,13H2,1H3,(H,14,16)/t6?,7-,9+,10+,11-,12+/m1/s1. The van der Waals surface area contributed by atoms with E-state index in [0.717, 1.165) is 0 Å². The topological polar surface area (TPSA) is 145 Å². The number of amides is 1. The van der Waals surface area contributed by atoms with Crippen LogP contribution in [-0.2, 0) is 9.53 Å². The molecule has 0 spiro atoms. The van der Waals surface area contributed by atoms with Crippen LogP contribution in [0.1, 0.15) is 26.2 Å². The Morgan fingerprint density at radius 2 is 1.95 bits per heavy atom. The molecule has 1 saturated heterocycles. The van der Waals surface area contributed by atoms with Gasteiger partial charge < -0.3 is 36.2 Å². The van der Waals surface area contributed by atoms with E-state index >= 15 is 0 Å². The monoisotopic (exact) mass is 292 g/mol. The van der Waals surface area contributed by atoms with Crippen LogP contribution >= 0.6 is 0 Å². The number of carbonyl (C=O) groups excluding carboxylic acids is 1.